The Bertz CT molecular complexity index is 378. The Morgan fingerprint density at radius 1 is 1.31 bits per heavy atom. The zero-order chi connectivity index (χ0) is 9.10. The summed E-state index contributed by atoms with van der Waals surface area (Å²) < 4.78 is 0. The minimum Gasteiger partial charge on any atom is -0.256 e. The van der Waals surface area contributed by atoms with E-state index in [1.807, 2.05) is 18.3 Å². The van der Waals surface area contributed by atoms with E-state index in [1.54, 1.807) is 11.3 Å². The molecule has 2 heterocycles. The van der Waals surface area contributed by atoms with Gasteiger partial charge in [0.05, 0.1) is 5.69 Å². The first-order valence-electron chi connectivity index (χ1n) is 4.39. The normalized spacial score (nSPS) is 10.2. The zero-order valence-corrected chi connectivity index (χ0v) is 8.34. The van der Waals surface area contributed by atoms with Gasteiger partial charge in [0, 0.05) is 16.6 Å². The van der Waals surface area contributed by atoms with E-state index in [1.165, 1.54) is 10.4 Å². The predicted molar refractivity (Wildman–Crippen MR) is 56.9 cm³/mol. The van der Waals surface area contributed by atoms with Crippen molar-refractivity contribution in [2.24, 2.45) is 0 Å². The van der Waals surface area contributed by atoms with Crippen molar-refractivity contribution in [3.05, 3.63) is 40.7 Å². The van der Waals surface area contributed by atoms with Gasteiger partial charge in [-0.05, 0) is 30.0 Å². The summed E-state index contributed by atoms with van der Waals surface area (Å²) in [6.45, 7) is 2.18. The average Bonchev–Trinajstić information content (AvgIpc) is 2.67. The quantitative estimate of drug-likeness (QED) is 0.705. The summed E-state index contributed by atoms with van der Waals surface area (Å²) in [5.41, 5.74) is 2.37. The smallest absolute Gasteiger partial charge is 0.0713 e. The number of thiophene rings is 1. The third-order valence-electron chi connectivity index (χ3n) is 2.01. The van der Waals surface area contributed by atoms with Crippen molar-refractivity contribution in [3.8, 4) is 11.3 Å². The lowest BCUT2D eigenvalue weighted by Crippen LogP contribution is -1.83. The van der Waals surface area contributed by atoms with Crippen LogP contribution in [0.1, 0.15) is 11.8 Å². The summed E-state index contributed by atoms with van der Waals surface area (Å²) in [7, 11) is 0. The van der Waals surface area contributed by atoms with Gasteiger partial charge in [0.1, 0.15) is 0 Å². The minimum absolute atomic E-state index is 1.08. The second-order valence-electron chi connectivity index (χ2n) is 2.83. The number of aromatic nitrogens is 1. The molecule has 0 spiro atoms. The van der Waals surface area contributed by atoms with E-state index in [2.05, 4.69) is 29.4 Å². The van der Waals surface area contributed by atoms with Crippen molar-refractivity contribution < 1.29 is 0 Å². The van der Waals surface area contributed by atoms with Crippen molar-refractivity contribution in [3.63, 3.8) is 0 Å². The van der Waals surface area contributed by atoms with Crippen molar-refractivity contribution in [1.29, 1.82) is 0 Å². The maximum absolute atomic E-state index is 4.34. The summed E-state index contributed by atoms with van der Waals surface area (Å²) in [6, 6.07) is 8.17. The summed E-state index contributed by atoms with van der Waals surface area (Å²) in [6.07, 6.45) is 2.93. The second kappa shape index (κ2) is 3.71. The lowest BCUT2D eigenvalue weighted by atomic mass is 10.1. The molecule has 66 valence electrons. The topological polar surface area (TPSA) is 12.9 Å². The summed E-state index contributed by atoms with van der Waals surface area (Å²) in [5.74, 6) is 0. The van der Waals surface area contributed by atoms with E-state index < -0.39 is 0 Å². The molecule has 0 saturated heterocycles. The van der Waals surface area contributed by atoms with Gasteiger partial charge >= 0.3 is 0 Å². The maximum atomic E-state index is 4.34. The number of hydrogen-bond donors (Lipinski definition) is 0. The zero-order valence-electron chi connectivity index (χ0n) is 7.53. The van der Waals surface area contributed by atoms with Crippen molar-refractivity contribution in [1.82, 2.24) is 4.98 Å². The molecule has 0 bridgehead atoms. The fourth-order valence-corrected chi connectivity index (χ4v) is 2.20. The Hall–Kier alpha value is -1.15. The standard InChI is InChI=1S/C11H11NS/c1-2-11-9(6-8-13-11)10-5-3-4-7-12-10/h3-8H,2H2,1H3. The lowest BCUT2D eigenvalue weighted by molar-refractivity contribution is 1.18. The molecule has 2 aromatic rings. The number of hydrogen-bond acceptors (Lipinski definition) is 2. The van der Waals surface area contributed by atoms with Gasteiger partial charge in [-0.15, -0.1) is 11.3 Å². The fraction of sp³-hybridized carbons (Fsp3) is 0.182. The van der Waals surface area contributed by atoms with Crippen LogP contribution in [-0.2, 0) is 6.42 Å². The molecule has 0 fully saturated rings. The minimum atomic E-state index is 1.08. The first-order chi connectivity index (χ1) is 6.42. The van der Waals surface area contributed by atoms with Crippen LogP contribution in [0.5, 0.6) is 0 Å². The molecule has 0 unspecified atom stereocenters. The Balaban J connectivity index is 2.47. The number of nitrogens with zero attached hydrogens (tertiary/aromatic N) is 1. The Morgan fingerprint density at radius 2 is 2.23 bits per heavy atom. The predicted octanol–water partition coefficient (Wildman–Crippen LogP) is 3.37. The number of rotatable bonds is 2. The number of pyridine rings is 1. The average molecular weight is 189 g/mol. The highest BCUT2D eigenvalue weighted by Gasteiger charge is 2.04. The van der Waals surface area contributed by atoms with Crippen LogP contribution in [0.3, 0.4) is 0 Å². The molecule has 0 saturated carbocycles. The van der Waals surface area contributed by atoms with Gasteiger partial charge < -0.3 is 0 Å². The van der Waals surface area contributed by atoms with Gasteiger partial charge in [0.15, 0.2) is 0 Å². The molecular formula is C11H11NS. The molecule has 13 heavy (non-hydrogen) atoms. The van der Waals surface area contributed by atoms with Crippen LogP contribution in [-0.4, -0.2) is 4.98 Å². The third kappa shape index (κ3) is 1.63. The van der Waals surface area contributed by atoms with Gasteiger partial charge in [-0.1, -0.05) is 13.0 Å². The van der Waals surface area contributed by atoms with Gasteiger partial charge in [0.2, 0.25) is 0 Å². The van der Waals surface area contributed by atoms with Crippen molar-refractivity contribution in [2.75, 3.05) is 0 Å². The van der Waals surface area contributed by atoms with Crippen LogP contribution in [0.15, 0.2) is 35.8 Å². The van der Waals surface area contributed by atoms with Crippen LogP contribution in [0.4, 0.5) is 0 Å². The molecule has 2 aromatic heterocycles. The highest BCUT2D eigenvalue weighted by molar-refractivity contribution is 7.10. The molecule has 0 radical (unpaired) electrons. The highest BCUT2D eigenvalue weighted by atomic mass is 32.1. The van der Waals surface area contributed by atoms with Gasteiger partial charge in [-0.25, -0.2) is 0 Å². The molecule has 0 amide bonds. The Morgan fingerprint density at radius 3 is 2.92 bits per heavy atom. The van der Waals surface area contributed by atoms with E-state index in [4.69, 9.17) is 0 Å². The van der Waals surface area contributed by atoms with Gasteiger partial charge in [-0.3, -0.25) is 4.98 Å². The SMILES string of the molecule is CCc1sccc1-c1ccccn1. The van der Waals surface area contributed by atoms with Crippen LogP contribution >= 0.6 is 11.3 Å². The van der Waals surface area contributed by atoms with Crippen LogP contribution < -0.4 is 0 Å². The molecule has 0 atom stereocenters. The van der Waals surface area contributed by atoms with Crippen LogP contribution in [0.2, 0.25) is 0 Å². The van der Waals surface area contributed by atoms with Crippen LogP contribution in [0.25, 0.3) is 11.3 Å². The van der Waals surface area contributed by atoms with E-state index >= 15 is 0 Å². The molecule has 2 heteroatoms. The van der Waals surface area contributed by atoms with Crippen molar-refractivity contribution in [2.45, 2.75) is 13.3 Å². The Kier molecular flexibility index (Phi) is 2.41. The van der Waals surface area contributed by atoms with Crippen LogP contribution in [0, 0.1) is 0 Å². The van der Waals surface area contributed by atoms with Gasteiger partial charge in [-0.2, -0.15) is 0 Å². The molecule has 2 rings (SSSR count). The molecule has 0 aromatic carbocycles. The Labute approximate surface area is 82.1 Å². The van der Waals surface area contributed by atoms with E-state index in [0.29, 0.717) is 0 Å². The fourth-order valence-electron chi connectivity index (χ4n) is 1.36. The molecule has 0 aliphatic heterocycles. The molecule has 0 aliphatic rings. The van der Waals surface area contributed by atoms with E-state index in [0.717, 1.165) is 12.1 Å². The van der Waals surface area contributed by atoms with E-state index in [9.17, 15) is 0 Å². The molecule has 0 aliphatic carbocycles. The maximum Gasteiger partial charge on any atom is 0.0713 e. The first-order valence-corrected chi connectivity index (χ1v) is 5.27. The summed E-state index contributed by atoms with van der Waals surface area (Å²) >= 11 is 1.80. The highest BCUT2D eigenvalue weighted by Crippen LogP contribution is 2.26. The lowest BCUT2D eigenvalue weighted by Gasteiger charge is -1.99. The largest absolute Gasteiger partial charge is 0.256 e. The van der Waals surface area contributed by atoms with Crippen molar-refractivity contribution >= 4 is 11.3 Å². The van der Waals surface area contributed by atoms with E-state index in [-0.39, 0.29) is 0 Å². The number of aryl methyl sites for hydroxylation is 1. The molecule has 1 nitrogen and oxygen atoms in total. The molecular weight excluding hydrogens is 178 g/mol. The third-order valence-corrected chi connectivity index (χ3v) is 3.07. The van der Waals surface area contributed by atoms with Gasteiger partial charge in [0.25, 0.3) is 0 Å². The summed E-state index contributed by atoms with van der Waals surface area (Å²) in [4.78, 5) is 5.75. The summed E-state index contributed by atoms with van der Waals surface area (Å²) in [5, 5.41) is 2.13. The molecule has 0 N–H and O–H groups in total. The monoisotopic (exact) mass is 189 g/mol. The second-order valence-corrected chi connectivity index (χ2v) is 3.83. The first kappa shape index (κ1) is 8.45.